The highest BCUT2D eigenvalue weighted by Crippen LogP contribution is 2.03. The zero-order valence-corrected chi connectivity index (χ0v) is 8.36. The van der Waals surface area contributed by atoms with Gasteiger partial charge in [0.05, 0.1) is 12.2 Å². The summed E-state index contributed by atoms with van der Waals surface area (Å²) in [7, 11) is 0. The van der Waals surface area contributed by atoms with E-state index in [4.69, 9.17) is 5.73 Å². The topological polar surface area (TPSA) is 92.5 Å². The Morgan fingerprint density at radius 1 is 1.40 bits per heavy atom. The predicted molar refractivity (Wildman–Crippen MR) is 57.1 cm³/mol. The van der Waals surface area contributed by atoms with E-state index in [-0.39, 0.29) is 0 Å². The third-order valence-corrected chi connectivity index (χ3v) is 1.88. The van der Waals surface area contributed by atoms with E-state index in [0.29, 0.717) is 18.4 Å². The zero-order valence-electron chi connectivity index (χ0n) is 8.36. The van der Waals surface area contributed by atoms with E-state index < -0.39 is 0 Å². The summed E-state index contributed by atoms with van der Waals surface area (Å²) in [5, 5.41) is 9.42. The van der Waals surface area contributed by atoms with Crippen molar-refractivity contribution in [1.29, 1.82) is 0 Å². The summed E-state index contributed by atoms with van der Waals surface area (Å²) in [6.45, 7) is 2.53. The Morgan fingerprint density at radius 2 is 2.27 bits per heavy atom. The summed E-state index contributed by atoms with van der Waals surface area (Å²) in [5.74, 6) is 0.783. The number of pyridine rings is 1. The van der Waals surface area contributed by atoms with Crippen LogP contribution in [0, 0.1) is 6.92 Å². The second-order valence-electron chi connectivity index (χ2n) is 3.17. The Labute approximate surface area is 86.9 Å². The van der Waals surface area contributed by atoms with Crippen LogP contribution in [0.3, 0.4) is 0 Å². The van der Waals surface area contributed by atoms with E-state index in [1.54, 1.807) is 0 Å². The lowest BCUT2D eigenvalue weighted by molar-refractivity contribution is 0.984. The van der Waals surface area contributed by atoms with Crippen LogP contribution in [0.2, 0.25) is 0 Å². The predicted octanol–water partition coefficient (Wildman–Crippen LogP) is 0.702. The van der Waals surface area contributed by atoms with Gasteiger partial charge >= 0.3 is 0 Å². The van der Waals surface area contributed by atoms with Gasteiger partial charge in [0.15, 0.2) is 0 Å². The van der Waals surface area contributed by atoms with Crippen molar-refractivity contribution in [1.82, 2.24) is 20.2 Å². The molecule has 0 fully saturated rings. The van der Waals surface area contributed by atoms with Crippen molar-refractivity contribution < 1.29 is 0 Å². The number of hydrogen-bond acceptors (Lipinski definition) is 5. The van der Waals surface area contributed by atoms with Crippen molar-refractivity contribution in [2.24, 2.45) is 0 Å². The van der Waals surface area contributed by atoms with Crippen LogP contribution in [0.4, 0.5) is 11.9 Å². The Kier molecular flexibility index (Phi) is 2.49. The van der Waals surface area contributed by atoms with Crippen LogP contribution < -0.4 is 11.1 Å². The standard InChI is InChI=1S/C9H12N6/c1-6-3-2-4-7(12-6)5-11-9-13-8(10)14-15-9/h2-4H,5H2,1H3,(H4,10,11,13,14,15). The largest absolute Gasteiger partial charge is 0.368 e. The first kappa shape index (κ1) is 9.45. The molecule has 78 valence electrons. The average Bonchev–Trinajstić information content (AvgIpc) is 2.62. The minimum Gasteiger partial charge on any atom is -0.368 e. The number of aromatic nitrogens is 4. The molecule has 6 nitrogen and oxygen atoms in total. The second-order valence-corrected chi connectivity index (χ2v) is 3.17. The third-order valence-electron chi connectivity index (χ3n) is 1.88. The van der Waals surface area contributed by atoms with Crippen LogP contribution in [-0.4, -0.2) is 20.2 Å². The van der Waals surface area contributed by atoms with Crippen LogP contribution in [0.15, 0.2) is 18.2 Å². The molecule has 0 radical (unpaired) electrons. The summed E-state index contributed by atoms with van der Waals surface area (Å²) in [6.07, 6.45) is 0. The molecule has 0 aliphatic rings. The lowest BCUT2D eigenvalue weighted by Gasteiger charge is -2.01. The minimum absolute atomic E-state index is 0.301. The number of rotatable bonds is 3. The lowest BCUT2D eigenvalue weighted by atomic mass is 10.3. The molecule has 0 bridgehead atoms. The molecule has 0 aromatic carbocycles. The number of aromatic amines is 1. The van der Waals surface area contributed by atoms with Gasteiger partial charge < -0.3 is 11.1 Å². The van der Waals surface area contributed by atoms with Gasteiger partial charge in [0.2, 0.25) is 11.9 Å². The normalized spacial score (nSPS) is 10.2. The van der Waals surface area contributed by atoms with Gasteiger partial charge in [-0.05, 0) is 19.1 Å². The fraction of sp³-hybridized carbons (Fsp3) is 0.222. The van der Waals surface area contributed by atoms with Crippen LogP contribution >= 0.6 is 0 Å². The first-order valence-corrected chi connectivity index (χ1v) is 4.58. The molecular formula is C9H12N6. The van der Waals surface area contributed by atoms with Crippen molar-refractivity contribution in [2.75, 3.05) is 11.1 Å². The molecule has 2 rings (SSSR count). The van der Waals surface area contributed by atoms with Crippen molar-refractivity contribution >= 4 is 11.9 Å². The number of nitrogens with zero attached hydrogens (tertiary/aromatic N) is 3. The molecule has 0 spiro atoms. The molecule has 0 aliphatic heterocycles. The van der Waals surface area contributed by atoms with Gasteiger partial charge in [-0.25, -0.2) is 5.10 Å². The fourth-order valence-electron chi connectivity index (χ4n) is 1.22. The Morgan fingerprint density at radius 3 is 2.93 bits per heavy atom. The lowest BCUT2D eigenvalue weighted by Crippen LogP contribution is -2.03. The zero-order chi connectivity index (χ0) is 10.7. The number of nitrogen functional groups attached to an aromatic ring is 1. The first-order chi connectivity index (χ1) is 7.24. The Balaban J connectivity index is 1.99. The summed E-state index contributed by atoms with van der Waals surface area (Å²) in [6, 6.07) is 5.86. The molecule has 2 aromatic rings. The summed E-state index contributed by atoms with van der Waals surface area (Å²) < 4.78 is 0. The molecule has 15 heavy (non-hydrogen) atoms. The molecule has 0 atom stereocenters. The highest BCUT2D eigenvalue weighted by atomic mass is 15.3. The van der Waals surface area contributed by atoms with E-state index in [0.717, 1.165) is 11.4 Å². The molecule has 0 saturated heterocycles. The number of H-pyrrole nitrogens is 1. The highest BCUT2D eigenvalue weighted by Gasteiger charge is 1.99. The van der Waals surface area contributed by atoms with Crippen LogP contribution in [0.5, 0.6) is 0 Å². The minimum atomic E-state index is 0.301. The first-order valence-electron chi connectivity index (χ1n) is 4.58. The van der Waals surface area contributed by atoms with E-state index >= 15 is 0 Å². The van der Waals surface area contributed by atoms with Crippen LogP contribution in [0.1, 0.15) is 11.4 Å². The maximum atomic E-state index is 5.39. The molecule has 4 N–H and O–H groups in total. The van der Waals surface area contributed by atoms with Gasteiger partial charge in [-0.3, -0.25) is 4.98 Å². The van der Waals surface area contributed by atoms with Crippen LogP contribution in [-0.2, 0) is 6.54 Å². The van der Waals surface area contributed by atoms with E-state index in [2.05, 4.69) is 25.5 Å². The van der Waals surface area contributed by atoms with Gasteiger partial charge in [-0.15, -0.1) is 5.10 Å². The maximum Gasteiger partial charge on any atom is 0.243 e. The van der Waals surface area contributed by atoms with E-state index in [1.165, 1.54) is 0 Å². The van der Waals surface area contributed by atoms with Crippen molar-refractivity contribution in [3.8, 4) is 0 Å². The molecule has 0 saturated carbocycles. The molecule has 2 aromatic heterocycles. The molecular weight excluding hydrogens is 192 g/mol. The molecule has 2 heterocycles. The van der Waals surface area contributed by atoms with Crippen LogP contribution in [0.25, 0.3) is 0 Å². The Bertz CT molecular complexity index is 449. The van der Waals surface area contributed by atoms with Gasteiger partial charge in [-0.2, -0.15) is 4.98 Å². The maximum absolute atomic E-state index is 5.39. The van der Waals surface area contributed by atoms with Gasteiger partial charge in [0, 0.05) is 5.69 Å². The van der Waals surface area contributed by atoms with Gasteiger partial charge in [0.1, 0.15) is 0 Å². The van der Waals surface area contributed by atoms with Crippen molar-refractivity contribution in [2.45, 2.75) is 13.5 Å². The Hall–Kier alpha value is -2.11. The third kappa shape index (κ3) is 2.43. The highest BCUT2D eigenvalue weighted by molar-refractivity contribution is 5.30. The summed E-state index contributed by atoms with van der Waals surface area (Å²) in [4.78, 5) is 8.26. The second kappa shape index (κ2) is 3.95. The number of anilines is 2. The molecule has 6 heteroatoms. The molecule has 0 unspecified atom stereocenters. The number of nitrogens with one attached hydrogen (secondary N) is 2. The monoisotopic (exact) mass is 204 g/mol. The van der Waals surface area contributed by atoms with E-state index in [1.807, 2.05) is 25.1 Å². The van der Waals surface area contributed by atoms with Gasteiger partial charge in [0.25, 0.3) is 0 Å². The van der Waals surface area contributed by atoms with E-state index in [9.17, 15) is 0 Å². The smallest absolute Gasteiger partial charge is 0.243 e. The molecule has 0 amide bonds. The number of hydrogen-bond donors (Lipinski definition) is 3. The molecule has 0 aliphatic carbocycles. The summed E-state index contributed by atoms with van der Waals surface area (Å²) >= 11 is 0. The average molecular weight is 204 g/mol. The number of aryl methyl sites for hydroxylation is 1. The fourth-order valence-corrected chi connectivity index (χ4v) is 1.22. The SMILES string of the molecule is Cc1cccc(CNc2n[nH]c(N)n2)n1. The van der Waals surface area contributed by atoms with Crippen molar-refractivity contribution in [3.05, 3.63) is 29.6 Å². The van der Waals surface area contributed by atoms with Gasteiger partial charge in [-0.1, -0.05) is 6.07 Å². The van der Waals surface area contributed by atoms with Crippen molar-refractivity contribution in [3.63, 3.8) is 0 Å². The quantitative estimate of drug-likeness (QED) is 0.684. The summed E-state index contributed by atoms with van der Waals surface area (Å²) in [5.41, 5.74) is 7.32. The number of nitrogens with two attached hydrogens (primary N) is 1.